The molecule has 4 nitrogen and oxygen atoms in total. The summed E-state index contributed by atoms with van der Waals surface area (Å²) in [6.45, 7) is 2.38. The molecule has 0 atom stereocenters. The highest BCUT2D eigenvalue weighted by Gasteiger charge is 2.36. The first-order chi connectivity index (χ1) is 12.9. The Kier molecular flexibility index (Phi) is 4.42. The first-order valence-corrected chi connectivity index (χ1v) is 9.68. The summed E-state index contributed by atoms with van der Waals surface area (Å²) < 4.78 is 42.8. The zero-order chi connectivity index (χ0) is 19.2. The van der Waals surface area contributed by atoms with E-state index in [-0.39, 0.29) is 10.9 Å². The van der Waals surface area contributed by atoms with E-state index in [2.05, 4.69) is 10.2 Å². The van der Waals surface area contributed by atoms with Crippen LogP contribution in [-0.2, 0) is 19.1 Å². The maximum atomic E-state index is 13.6. The van der Waals surface area contributed by atoms with E-state index < -0.39 is 11.7 Å². The summed E-state index contributed by atoms with van der Waals surface area (Å²) in [6.07, 6.45) is -0.849. The predicted octanol–water partition coefficient (Wildman–Crippen LogP) is 5.26. The second-order valence-electron chi connectivity index (χ2n) is 6.81. The Labute approximate surface area is 158 Å². The van der Waals surface area contributed by atoms with Crippen LogP contribution in [0, 0.1) is 11.3 Å². The molecule has 2 heterocycles. The maximum Gasteiger partial charge on any atom is 0.418 e. The highest BCUT2D eigenvalue weighted by atomic mass is 32.1. The van der Waals surface area contributed by atoms with Crippen molar-refractivity contribution >= 4 is 22.2 Å². The van der Waals surface area contributed by atoms with Crippen LogP contribution in [0.3, 0.4) is 0 Å². The summed E-state index contributed by atoms with van der Waals surface area (Å²) in [5.74, 6) is 0.503. The van der Waals surface area contributed by atoms with Crippen LogP contribution in [0.1, 0.15) is 58.9 Å². The summed E-state index contributed by atoms with van der Waals surface area (Å²) in [7, 11) is 0. The van der Waals surface area contributed by atoms with Gasteiger partial charge in [-0.2, -0.15) is 18.4 Å². The van der Waals surface area contributed by atoms with Crippen molar-refractivity contribution in [1.82, 2.24) is 14.8 Å². The molecular weight excluding hydrogens is 373 g/mol. The van der Waals surface area contributed by atoms with Crippen LogP contribution in [0.5, 0.6) is 0 Å². The van der Waals surface area contributed by atoms with Crippen molar-refractivity contribution in [3.63, 3.8) is 0 Å². The average Bonchev–Trinajstić information content (AvgIpc) is 3.28. The third kappa shape index (κ3) is 3.32. The van der Waals surface area contributed by atoms with E-state index in [1.165, 1.54) is 17.4 Å². The van der Waals surface area contributed by atoms with E-state index in [4.69, 9.17) is 5.26 Å². The molecule has 1 aliphatic carbocycles. The van der Waals surface area contributed by atoms with Gasteiger partial charge < -0.3 is 4.57 Å². The smallest absolute Gasteiger partial charge is 0.338 e. The number of halogens is 3. The molecule has 0 unspecified atom stereocenters. The molecule has 0 saturated heterocycles. The SMILES string of the molecule is CCCc1cc2c(C(F)(F)F)c(C#N)ccc2n1Cc1nnc(C2CC2)s1. The average molecular weight is 390 g/mol. The Balaban J connectivity index is 1.85. The molecule has 4 rings (SSSR count). The van der Waals surface area contributed by atoms with E-state index in [1.807, 2.05) is 11.5 Å². The van der Waals surface area contributed by atoms with Crippen LogP contribution in [0.25, 0.3) is 10.9 Å². The largest absolute Gasteiger partial charge is 0.418 e. The molecule has 27 heavy (non-hydrogen) atoms. The maximum absolute atomic E-state index is 13.6. The molecule has 3 aromatic rings. The number of nitriles is 1. The summed E-state index contributed by atoms with van der Waals surface area (Å²) in [4.78, 5) is 0. The van der Waals surface area contributed by atoms with Gasteiger partial charge in [0.25, 0.3) is 0 Å². The van der Waals surface area contributed by atoms with Crippen molar-refractivity contribution in [2.45, 2.75) is 51.2 Å². The minimum absolute atomic E-state index is 0.0805. The lowest BCUT2D eigenvalue weighted by Gasteiger charge is -2.11. The molecule has 1 saturated carbocycles. The fourth-order valence-electron chi connectivity index (χ4n) is 3.40. The van der Waals surface area contributed by atoms with Gasteiger partial charge in [0.1, 0.15) is 10.0 Å². The van der Waals surface area contributed by atoms with Gasteiger partial charge in [0.05, 0.1) is 23.7 Å². The third-order valence-electron chi connectivity index (χ3n) is 4.78. The van der Waals surface area contributed by atoms with Crippen molar-refractivity contribution in [3.05, 3.63) is 45.0 Å². The summed E-state index contributed by atoms with van der Waals surface area (Å²) in [6, 6.07) is 6.11. The minimum atomic E-state index is -4.58. The molecule has 1 aromatic carbocycles. The van der Waals surface area contributed by atoms with Gasteiger partial charge in [-0.05, 0) is 37.5 Å². The predicted molar refractivity (Wildman–Crippen MR) is 96.6 cm³/mol. The third-order valence-corrected chi connectivity index (χ3v) is 5.85. The highest BCUT2D eigenvalue weighted by Crippen LogP contribution is 2.42. The highest BCUT2D eigenvalue weighted by molar-refractivity contribution is 7.11. The van der Waals surface area contributed by atoms with Gasteiger partial charge >= 0.3 is 6.18 Å². The monoisotopic (exact) mass is 390 g/mol. The number of aromatic nitrogens is 3. The summed E-state index contributed by atoms with van der Waals surface area (Å²) in [5, 5.41) is 19.5. The molecule has 2 aromatic heterocycles. The van der Waals surface area contributed by atoms with Crippen molar-refractivity contribution in [1.29, 1.82) is 5.26 Å². The molecule has 1 fully saturated rings. The Morgan fingerprint density at radius 2 is 2.07 bits per heavy atom. The van der Waals surface area contributed by atoms with E-state index in [0.29, 0.717) is 24.4 Å². The van der Waals surface area contributed by atoms with Gasteiger partial charge in [-0.25, -0.2) is 0 Å². The number of nitrogens with zero attached hydrogens (tertiary/aromatic N) is 4. The number of rotatable bonds is 5. The Hall–Kier alpha value is -2.40. The number of alkyl halides is 3. The molecule has 0 N–H and O–H groups in total. The zero-order valence-electron chi connectivity index (χ0n) is 14.7. The lowest BCUT2D eigenvalue weighted by Crippen LogP contribution is -2.09. The second-order valence-corrected chi connectivity index (χ2v) is 7.90. The lowest BCUT2D eigenvalue weighted by molar-refractivity contribution is -0.136. The van der Waals surface area contributed by atoms with Crippen molar-refractivity contribution in [3.8, 4) is 6.07 Å². The standard InChI is InChI=1S/C19H17F3N4S/c1-2-3-13-8-14-15(7-6-12(9-23)17(14)19(20,21)22)26(13)10-16-24-25-18(27-16)11-4-5-11/h6-8,11H,2-5,10H2,1H3. The van der Waals surface area contributed by atoms with Crippen LogP contribution < -0.4 is 0 Å². The van der Waals surface area contributed by atoms with Gasteiger partial charge in [0.2, 0.25) is 0 Å². The topological polar surface area (TPSA) is 54.5 Å². The van der Waals surface area contributed by atoms with Gasteiger partial charge in [0.15, 0.2) is 0 Å². The van der Waals surface area contributed by atoms with Crippen molar-refractivity contribution in [2.75, 3.05) is 0 Å². The molecule has 140 valence electrons. The van der Waals surface area contributed by atoms with Gasteiger partial charge in [-0.3, -0.25) is 0 Å². The number of hydrogen-bond donors (Lipinski definition) is 0. The first-order valence-electron chi connectivity index (χ1n) is 8.87. The summed E-state index contributed by atoms with van der Waals surface area (Å²) >= 11 is 1.54. The van der Waals surface area contributed by atoms with Crippen LogP contribution in [0.15, 0.2) is 18.2 Å². The fraction of sp³-hybridized carbons (Fsp3) is 0.421. The molecule has 0 bridgehead atoms. The van der Waals surface area contributed by atoms with E-state index in [1.54, 1.807) is 18.2 Å². The van der Waals surface area contributed by atoms with Gasteiger partial charge in [-0.1, -0.05) is 24.7 Å². The Bertz CT molecular complexity index is 1040. The Morgan fingerprint density at radius 3 is 2.70 bits per heavy atom. The van der Waals surface area contributed by atoms with E-state index >= 15 is 0 Å². The van der Waals surface area contributed by atoms with Crippen LogP contribution in [0.2, 0.25) is 0 Å². The van der Waals surface area contributed by atoms with E-state index in [9.17, 15) is 13.2 Å². The van der Waals surface area contributed by atoms with Gasteiger partial charge in [0, 0.05) is 22.5 Å². The molecule has 0 radical (unpaired) electrons. The molecule has 0 amide bonds. The lowest BCUT2D eigenvalue weighted by atomic mass is 10.0. The number of aryl methyl sites for hydroxylation is 1. The van der Waals surface area contributed by atoms with Crippen molar-refractivity contribution < 1.29 is 13.2 Å². The minimum Gasteiger partial charge on any atom is -0.338 e. The molecular formula is C19H17F3N4S. The molecule has 8 heteroatoms. The fourth-order valence-corrected chi connectivity index (χ4v) is 4.40. The molecule has 1 aliphatic rings. The van der Waals surface area contributed by atoms with Crippen LogP contribution in [-0.4, -0.2) is 14.8 Å². The number of benzene rings is 1. The molecule has 0 spiro atoms. The first kappa shape index (κ1) is 18.0. The Morgan fingerprint density at radius 1 is 1.30 bits per heavy atom. The second kappa shape index (κ2) is 6.64. The quantitative estimate of drug-likeness (QED) is 0.597. The van der Waals surface area contributed by atoms with Crippen LogP contribution in [0.4, 0.5) is 13.2 Å². The van der Waals surface area contributed by atoms with E-state index in [0.717, 1.165) is 35.0 Å². The molecule has 0 aliphatic heterocycles. The van der Waals surface area contributed by atoms with Crippen LogP contribution >= 0.6 is 11.3 Å². The number of fused-ring (bicyclic) bond motifs is 1. The number of hydrogen-bond acceptors (Lipinski definition) is 4. The zero-order valence-corrected chi connectivity index (χ0v) is 15.5. The normalized spacial score (nSPS) is 14.6. The van der Waals surface area contributed by atoms with Crippen molar-refractivity contribution in [2.24, 2.45) is 0 Å². The summed E-state index contributed by atoms with van der Waals surface area (Å²) in [5.41, 5.74) is 0.0980. The van der Waals surface area contributed by atoms with Gasteiger partial charge in [-0.15, -0.1) is 10.2 Å².